The summed E-state index contributed by atoms with van der Waals surface area (Å²) in [7, 11) is 0. The smallest absolute Gasteiger partial charge is 0.156 e. The van der Waals surface area contributed by atoms with Crippen molar-refractivity contribution in [1.29, 1.82) is 0 Å². The fraction of sp³-hybridized carbons (Fsp3) is 0.750. The van der Waals surface area contributed by atoms with Crippen LogP contribution < -0.4 is 5.73 Å². The van der Waals surface area contributed by atoms with Gasteiger partial charge in [-0.3, -0.25) is 4.79 Å². The highest BCUT2D eigenvalue weighted by Crippen LogP contribution is 2.06. The van der Waals surface area contributed by atoms with Crippen LogP contribution in [0.25, 0.3) is 0 Å². The third-order valence-corrected chi connectivity index (χ3v) is 1.91. The van der Waals surface area contributed by atoms with Crippen molar-refractivity contribution in [2.45, 2.75) is 32.7 Å². The molecule has 0 aromatic rings. The molecule has 0 heterocycles. The van der Waals surface area contributed by atoms with E-state index in [-0.39, 0.29) is 18.1 Å². The molecule has 0 spiro atoms. The van der Waals surface area contributed by atoms with Crippen molar-refractivity contribution in [3.63, 3.8) is 0 Å². The van der Waals surface area contributed by atoms with Crippen molar-refractivity contribution in [1.82, 2.24) is 0 Å². The third kappa shape index (κ3) is 3.28. The van der Waals surface area contributed by atoms with Gasteiger partial charge in [0.1, 0.15) is 6.29 Å². The van der Waals surface area contributed by atoms with Crippen molar-refractivity contribution in [3.05, 3.63) is 0 Å². The van der Waals surface area contributed by atoms with Crippen molar-refractivity contribution in [2.75, 3.05) is 0 Å². The van der Waals surface area contributed by atoms with Gasteiger partial charge in [0.2, 0.25) is 0 Å². The average molecular weight is 157 g/mol. The van der Waals surface area contributed by atoms with Crippen LogP contribution in [0, 0.1) is 5.92 Å². The number of hydrogen-bond acceptors (Lipinski definition) is 3. The largest absolute Gasteiger partial charge is 0.321 e. The van der Waals surface area contributed by atoms with Gasteiger partial charge in [0.05, 0.1) is 12.5 Å². The van der Waals surface area contributed by atoms with Crippen molar-refractivity contribution < 1.29 is 9.59 Å². The van der Waals surface area contributed by atoms with Crippen LogP contribution in [-0.2, 0) is 9.59 Å². The van der Waals surface area contributed by atoms with Gasteiger partial charge in [0, 0.05) is 0 Å². The Morgan fingerprint density at radius 3 is 2.55 bits per heavy atom. The Balaban J connectivity index is 3.90. The molecule has 0 aromatic carbocycles. The lowest BCUT2D eigenvalue weighted by molar-refractivity contribution is -0.124. The number of nitrogens with two attached hydrogens (primary N) is 1. The lowest BCUT2D eigenvalue weighted by atomic mass is 9.95. The van der Waals surface area contributed by atoms with Crippen LogP contribution in [0.4, 0.5) is 0 Å². The van der Waals surface area contributed by atoms with Crippen molar-refractivity contribution in [2.24, 2.45) is 11.7 Å². The number of ketones is 1. The maximum atomic E-state index is 11.0. The van der Waals surface area contributed by atoms with E-state index < -0.39 is 6.04 Å². The highest BCUT2D eigenvalue weighted by molar-refractivity contribution is 5.93. The number of rotatable bonds is 5. The molecule has 64 valence electrons. The van der Waals surface area contributed by atoms with Gasteiger partial charge in [-0.2, -0.15) is 0 Å². The zero-order valence-electron chi connectivity index (χ0n) is 7.04. The first-order valence-electron chi connectivity index (χ1n) is 3.85. The van der Waals surface area contributed by atoms with Crippen LogP contribution in [0.1, 0.15) is 26.7 Å². The normalized spacial score (nSPS) is 15.5. The van der Waals surface area contributed by atoms with E-state index in [2.05, 4.69) is 0 Å². The molecule has 2 N–H and O–H groups in total. The van der Waals surface area contributed by atoms with Crippen LogP contribution >= 0.6 is 0 Å². The van der Waals surface area contributed by atoms with Gasteiger partial charge in [0.25, 0.3) is 0 Å². The van der Waals surface area contributed by atoms with E-state index in [1.165, 1.54) is 0 Å². The summed E-state index contributed by atoms with van der Waals surface area (Å²) in [5.41, 5.74) is 5.55. The maximum absolute atomic E-state index is 11.0. The number of hydrogen-bond donors (Lipinski definition) is 1. The molecule has 0 aromatic heterocycles. The summed E-state index contributed by atoms with van der Waals surface area (Å²) < 4.78 is 0. The minimum absolute atomic E-state index is 0.0501. The molecule has 0 fully saturated rings. The second-order valence-electron chi connectivity index (χ2n) is 2.75. The van der Waals surface area contributed by atoms with E-state index >= 15 is 0 Å². The number of carbonyl (C=O) groups excluding carboxylic acids is 2. The number of carbonyl (C=O) groups is 2. The van der Waals surface area contributed by atoms with Gasteiger partial charge in [-0.25, -0.2) is 0 Å². The summed E-state index contributed by atoms with van der Waals surface area (Å²) in [4.78, 5) is 20.9. The molecule has 0 aliphatic heterocycles. The van der Waals surface area contributed by atoms with E-state index in [9.17, 15) is 9.59 Å². The van der Waals surface area contributed by atoms with Crippen LogP contribution in [0.2, 0.25) is 0 Å². The lowest BCUT2D eigenvalue weighted by Crippen LogP contribution is -2.36. The Morgan fingerprint density at radius 1 is 1.64 bits per heavy atom. The van der Waals surface area contributed by atoms with Crippen LogP contribution in [0.5, 0.6) is 0 Å². The molecule has 0 saturated heterocycles. The van der Waals surface area contributed by atoms with Crippen molar-refractivity contribution >= 4 is 12.1 Å². The van der Waals surface area contributed by atoms with Gasteiger partial charge < -0.3 is 10.5 Å². The second-order valence-corrected chi connectivity index (χ2v) is 2.75. The zero-order chi connectivity index (χ0) is 8.85. The van der Waals surface area contributed by atoms with Gasteiger partial charge >= 0.3 is 0 Å². The molecule has 0 bridgehead atoms. The highest BCUT2D eigenvalue weighted by atomic mass is 16.1. The molecule has 0 aliphatic carbocycles. The van der Waals surface area contributed by atoms with E-state index in [0.29, 0.717) is 6.29 Å². The van der Waals surface area contributed by atoms with E-state index in [0.717, 1.165) is 6.42 Å². The standard InChI is InChI=1S/C8H15NO2/c1-3-6(2)8(9)7(11)4-5-10/h5-6,8H,3-4,9H2,1-2H3/t6-,8-/m0/s1. The monoisotopic (exact) mass is 157 g/mol. The van der Waals surface area contributed by atoms with Gasteiger partial charge in [-0.1, -0.05) is 20.3 Å². The highest BCUT2D eigenvalue weighted by Gasteiger charge is 2.17. The Hall–Kier alpha value is -0.700. The molecular formula is C8H15NO2. The van der Waals surface area contributed by atoms with Crippen LogP contribution in [-0.4, -0.2) is 18.1 Å². The topological polar surface area (TPSA) is 60.2 Å². The molecule has 0 radical (unpaired) electrons. The molecule has 0 amide bonds. The summed E-state index contributed by atoms with van der Waals surface area (Å²) in [5, 5.41) is 0. The molecule has 3 nitrogen and oxygen atoms in total. The molecule has 0 aliphatic rings. The van der Waals surface area contributed by atoms with Crippen LogP contribution in [0.15, 0.2) is 0 Å². The van der Waals surface area contributed by atoms with Gasteiger partial charge in [0.15, 0.2) is 5.78 Å². The quantitative estimate of drug-likeness (QED) is 0.467. The molecular weight excluding hydrogens is 142 g/mol. The fourth-order valence-electron chi connectivity index (χ4n) is 0.789. The third-order valence-electron chi connectivity index (χ3n) is 1.91. The second kappa shape index (κ2) is 5.02. The van der Waals surface area contributed by atoms with E-state index in [1.54, 1.807) is 0 Å². The zero-order valence-corrected chi connectivity index (χ0v) is 7.04. The number of Topliss-reactive ketones (excluding diaryl/α,β-unsaturated/α-hetero) is 1. The molecule has 11 heavy (non-hydrogen) atoms. The van der Waals surface area contributed by atoms with Crippen LogP contribution in [0.3, 0.4) is 0 Å². The lowest BCUT2D eigenvalue weighted by Gasteiger charge is -2.15. The molecule has 2 atom stereocenters. The minimum Gasteiger partial charge on any atom is -0.321 e. The van der Waals surface area contributed by atoms with Gasteiger partial charge in [-0.15, -0.1) is 0 Å². The first-order chi connectivity index (χ1) is 5.13. The van der Waals surface area contributed by atoms with E-state index in [4.69, 9.17) is 5.73 Å². The van der Waals surface area contributed by atoms with Gasteiger partial charge in [-0.05, 0) is 5.92 Å². The SMILES string of the molecule is CC[C@H](C)[C@H](N)C(=O)CC=O. The first kappa shape index (κ1) is 10.3. The maximum Gasteiger partial charge on any atom is 0.156 e. The Bertz CT molecular complexity index is 145. The predicted molar refractivity (Wildman–Crippen MR) is 43.1 cm³/mol. The summed E-state index contributed by atoms with van der Waals surface area (Å²) in [6.07, 6.45) is 1.42. The Morgan fingerprint density at radius 2 is 2.18 bits per heavy atom. The summed E-state index contributed by atoms with van der Waals surface area (Å²) in [6.45, 7) is 3.88. The average Bonchev–Trinajstić information content (AvgIpc) is 2.02. The minimum atomic E-state index is -0.467. The number of aldehydes is 1. The molecule has 0 saturated carbocycles. The van der Waals surface area contributed by atoms with E-state index in [1.807, 2.05) is 13.8 Å². The molecule has 0 rings (SSSR count). The summed E-state index contributed by atoms with van der Waals surface area (Å²) >= 11 is 0. The Kier molecular flexibility index (Phi) is 4.70. The first-order valence-corrected chi connectivity index (χ1v) is 3.85. The Labute approximate surface area is 67.0 Å². The summed E-state index contributed by atoms with van der Waals surface area (Å²) in [6, 6.07) is -0.467. The summed E-state index contributed by atoms with van der Waals surface area (Å²) in [5.74, 6) is 0.0109. The van der Waals surface area contributed by atoms with Crippen molar-refractivity contribution in [3.8, 4) is 0 Å². The molecule has 0 unspecified atom stereocenters. The fourth-order valence-corrected chi connectivity index (χ4v) is 0.789. The molecule has 3 heteroatoms. The predicted octanol–water partition coefficient (Wildman–Crippen LogP) is 0.518.